The lowest BCUT2D eigenvalue weighted by Gasteiger charge is -2.30. The molecule has 1 aromatic rings. The van der Waals surface area contributed by atoms with E-state index in [9.17, 15) is 4.79 Å². The van der Waals surface area contributed by atoms with Crippen molar-refractivity contribution in [3.05, 3.63) is 58.7 Å². The summed E-state index contributed by atoms with van der Waals surface area (Å²) in [5.74, 6) is -0.438. The van der Waals surface area contributed by atoms with Crippen molar-refractivity contribution in [3.8, 4) is 0 Å². The first kappa shape index (κ1) is 14.2. The van der Waals surface area contributed by atoms with Crippen LogP contribution in [0.5, 0.6) is 0 Å². The zero-order chi connectivity index (χ0) is 15.0. The van der Waals surface area contributed by atoms with E-state index in [1.54, 1.807) is 23.1 Å². The molecular formula is C16H13ClN2OS. The fourth-order valence-electron chi connectivity index (χ4n) is 2.33. The Kier molecular flexibility index (Phi) is 3.74. The van der Waals surface area contributed by atoms with E-state index < -0.39 is 0 Å². The van der Waals surface area contributed by atoms with Crippen molar-refractivity contribution < 1.29 is 4.79 Å². The number of rotatable bonds is 2. The van der Waals surface area contributed by atoms with Crippen LogP contribution >= 0.6 is 23.8 Å². The molecule has 0 N–H and O–H groups in total. The van der Waals surface area contributed by atoms with Gasteiger partial charge in [-0.05, 0) is 36.9 Å². The van der Waals surface area contributed by atoms with Crippen LogP contribution in [0, 0.1) is 12.8 Å². The van der Waals surface area contributed by atoms with Crippen LogP contribution in [0.1, 0.15) is 11.1 Å². The van der Waals surface area contributed by atoms with Crippen molar-refractivity contribution in [3.63, 3.8) is 0 Å². The fourth-order valence-corrected chi connectivity index (χ4v) is 2.78. The molecule has 1 heterocycles. The van der Waals surface area contributed by atoms with E-state index >= 15 is 0 Å². The van der Waals surface area contributed by atoms with Gasteiger partial charge in [0, 0.05) is 5.03 Å². The van der Waals surface area contributed by atoms with Gasteiger partial charge in [0.05, 0.1) is 18.2 Å². The molecule has 1 amide bonds. The zero-order valence-electron chi connectivity index (χ0n) is 11.4. The maximum Gasteiger partial charge on any atom is 0.242 e. The van der Waals surface area contributed by atoms with E-state index in [-0.39, 0.29) is 11.8 Å². The number of hydrogen-bond acceptors (Lipinski definition) is 2. The average Bonchev–Trinajstić information content (AvgIpc) is 2.45. The lowest BCUT2D eigenvalue weighted by molar-refractivity contribution is -0.128. The minimum atomic E-state index is -0.385. The summed E-state index contributed by atoms with van der Waals surface area (Å²) in [6.45, 7) is 2.47. The predicted octanol–water partition coefficient (Wildman–Crippen LogP) is 3.37. The number of halogens is 1. The molecule has 1 atom stereocenters. The van der Waals surface area contributed by atoms with Gasteiger partial charge in [-0.15, -0.1) is 0 Å². The molecule has 0 aromatic heterocycles. The Morgan fingerprint density at radius 3 is 2.76 bits per heavy atom. The molecule has 0 spiro atoms. The molecule has 3 nitrogen and oxygen atoms in total. The summed E-state index contributed by atoms with van der Waals surface area (Å²) in [7, 11) is 0. The predicted molar refractivity (Wildman–Crippen MR) is 88.3 cm³/mol. The molecule has 21 heavy (non-hydrogen) atoms. The van der Waals surface area contributed by atoms with Gasteiger partial charge in [0.2, 0.25) is 11.0 Å². The lowest BCUT2D eigenvalue weighted by Crippen LogP contribution is -2.45. The second-order valence-electron chi connectivity index (χ2n) is 5.10. The number of benzene rings is 1. The second kappa shape index (κ2) is 5.54. The zero-order valence-corrected chi connectivity index (χ0v) is 13.0. The molecular weight excluding hydrogens is 304 g/mol. The summed E-state index contributed by atoms with van der Waals surface area (Å²) in [5.41, 5.74) is 2.84. The maximum absolute atomic E-state index is 12.6. The van der Waals surface area contributed by atoms with Crippen molar-refractivity contribution in [1.29, 1.82) is 0 Å². The minimum Gasteiger partial charge on any atom is -0.282 e. The normalized spacial score (nSPS) is 21.0. The summed E-state index contributed by atoms with van der Waals surface area (Å²) in [6.07, 6.45) is 5.19. The highest BCUT2D eigenvalue weighted by molar-refractivity contribution is 7.80. The van der Waals surface area contributed by atoms with Crippen LogP contribution in [0.25, 0.3) is 0 Å². The van der Waals surface area contributed by atoms with Gasteiger partial charge in [0.1, 0.15) is 0 Å². The number of carbonyl (C=O) groups is 1. The van der Waals surface area contributed by atoms with Gasteiger partial charge in [-0.3, -0.25) is 9.69 Å². The van der Waals surface area contributed by atoms with Gasteiger partial charge in [0.25, 0.3) is 0 Å². The fraction of sp³-hybridized carbons (Fsp3) is 0.188. The van der Waals surface area contributed by atoms with Crippen molar-refractivity contribution in [2.24, 2.45) is 10.9 Å². The van der Waals surface area contributed by atoms with Gasteiger partial charge in [-0.25, -0.2) is 4.99 Å². The first-order chi connectivity index (χ1) is 10.0. The number of aryl methyl sites for hydroxylation is 1. The van der Waals surface area contributed by atoms with E-state index in [2.05, 4.69) is 4.99 Å². The molecule has 3 rings (SSSR count). The van der Waals surface area contributed by atoms with Gasteiger partial charge in [-0.2, -0.15) is 0 Å². The van der Waals surface area contributed by atoms with Crippen molar-refractivity contribution in [2.45, 2.75) is 13.5 Å². The van der Waals surface area contributed by atoms with Crippen LogP contribution in [0.4, 0.5) is 0 Å². The molecule has 0 saturated heterocycles. The van der Waals surface area contributed by atoms with E-state index in [0.717, 1.165) is 5.56 Å². The third-order valence-electron chi connectivity index (χ3n) is 3.50. The number of hydrogen-bond donors (Lipinski definition) is 0. The average molecular weight is 317 g/mol. The molecule has 0 fully saturated rings. The van der Waals surface area contributed by atoms with Gasteiger partial charge in [-0.1, -0.05) is 47.5 Å². The SMILES string of the molecule is Cc1ccc(CN2C(=O)C3C=CC(Cl)=CC3=NC2=S)cc1. The highest BCUT2D eigenvalue weighted by atomic mass is 35.5. The molecule has 0 radical (unpaired) electrons. The minimum absolute atomic E-state index is 0.0535. The van der Waals surface area contributed by atoms with Gasteiger partial charge in [0.15, 0.2) is 0 Å². The highest BCUT2D eigenvalue weighted by Gasteiger charge is 2.34. The Morgan fingerprint density at radius 2 is 2.05 bits per heavy atom. The third-order valence-corrected chi connectivity index (χ3v) is 4.05. The molecule has 0 saturated carbocycles. The Hall–Kier alpha value is -1.78. The van der Waals surface area contributed by atoms with Gasteiger partial charge >= 0.3 is 0 Å². The number of fused-ring (bicyclic) bond motifs is 1. The topological polar surface area (TPSA) is 32.7 Å². The highest BCUT2D eigenvalue weighted by Crippen LogP contribution is 2.24. The number of amides is 1. The summed E-state index contributed by atoms with van der Waals surface area (Å²) in [5, 5.41) is 0.857. The van der Waals surface area contributed by atoms with Crippen molar-refractivity contribution in [2.75, 3.05) is 0 Å². The Bertz CT molecular complexity index is 703. The number of carbonyl (C=O) groups excluding carboxylic acids is 1. The quantitative estimate of drug-likeness (QED) is 0.784. The van der Waals surface area contributed by atoms with Crippen LogP contribution in [0.2, 0.25) is 0 Å². The monoisotopic (exact) mass is 316 g/mol. The first-order valence-electron chi connectivity index (χ1n) is 6.59. The van der Waals surface area contributed by atoms with E-state index in [1.165, 1.54) is 5.56 Å². The van der Waals surface area contributed by atoms with Crippen molar-refractivity contribution >= 4 is 40.6 Å². The maximum atomic E-state index is 12.6. The number of thiocarbonyl (C=S) groups is 1. The molecule has 5 heteroatoms. The molecule has 1 aliphatic heterocycles. The number of aliphatic imine (C=N–C) groups is 1. The van der Waals surface area contributed by atoms with E-state index in [0.29, 0.717) is 22.4 Å². The van der Waals surface area contributed by atoms with Crippen LogP contribution < -0.4 is 0 Å². The summed E-state index contributed by atoms with van der Waals surface area (Å²) in [6, 6.07) is 8.03. The van der Waals surface area contributed by atoms with Crippen LogP contribution in [-0.4, -0.2) is 21.6 Å². The van der Waals surface area contributed by atoms with Crippen LogP contribution in [0.15, 0.2) is 52.5 Å². The Morgan fingerprint density at radius 1 is 1.33 bits per heavy atom. The standard InChI is InChI=1S/C16H13ClN2OS/c1-10-2-4-11(5-3-10)9-19-15(20)13-7-6-12(17)8-14(13)18-16(19)21/h2-8,13H,9H2,1H3. The van der Waals surface area contributed by atoms with Gasteiger partial charge < -0.3 is 0 Å². The van der Waals surface area contributed by atoms with Crippen LogP contribution in [0.3, 0.4) is 0 Å². The lowest BCUT2D eigenvalue weighted by atomic mass is 9.95. The van der Waals surface area contributed by atoms with E-state index in [1.807, 2.05) is 31.2 Å². The summed E-state index contributed by atoms with van der Waals surface area (Å²) < 4.78 is 0. The second-order valence-corrected chi connectivity index (χ2v) is 5.90. The Labute approximate surface area is 133 Å². The third kappa shape index (κ3) is 2.82. The van der Waals surface area contributed by atoms with Crippen LogP contribution in [-0.2, 0) is 11.3 Å². The molecule has 0 bridgehead atoms. The first-order valence-corrected chi connectivity index (χ1v) is 7.38. The van der Waals surface area contributed by atoms with E-state index in [4.69, 9.17) is 23.8 Å². The summed E-state index contributed by atoms with van der Waals surface area (Å²) in [4.78, 5) is 18.5. The Balaban J connectivity index is 1.87. The molecule has 1 aliphatic carbocycles. The summed E-state index contributed by atoms with van der Waals surface area (Å²) >= 11 is 11.2. The molecule has 1 aromatic carbocycles. The number of nitrogens with zero attached hydrogens (tertiary/aromatic N) is 2. The largest absolute Gasteiger partial charge is 0.282 e. The molecule has 2 aliphatic rings. The van der Waals surface area contributed by atoms with Crippen molar-refractivity contribution in [1.82, 2.24) is 4.90 Å². The molecule has 106 valence electrons. The smallest absolute Gasteiger partial charge is 0.242 e. The number of allylic oxidation sites excluding steroid dienone is 3. The molecule has 1 unspecified atom stereocenters.